The Balaban J connectivity index is 2.25. The second kappa shape index (κ2) is 2.84. The molecule has 2 rings (SSSR count). The quantitative estimate of drug-likeness (QED) is 0.680. The van der Waals surface area contributed by atoms with Crippen LogP contribution in [0.2, 0.25) is 0 Å². The van der Waals surface area contributed by atoms with Crippen molar-refractivity contribution in [3.63, 3.8) is 0 Å². The number of carbonyl (C=O) groups excluding carboxylic acids is 1. The molecule has 1 aliphatic carbocycles. The molecule has 0 unspecified atom stereocenters. The first-order valence-corrected chi connectivity index (χ1v) is 4.81. The maximum absolute atomic E-state index is 11.2. The lowest BCUT2D eigenvalue weighted by molar-refractivity contribution is 0.0963. The minimum absolute atomic E-state index is 0.207. The van der Waals surface area contributed by atoms with E-state index in [0.29, 0.717) is 6.42 Å². The van der Waals surface area contributed by atoms with Crippen LogP contribution in [0.4, 0.5) is 0 Å². The molecule has 0 bridgehead atoms. The van der Waals surface area contributed by atoms with Crippen LogP contribution in [0.3, 0.4) is 0 Å². The van der Waals surface area contributed by atoms with Crippen LogP contribution in [0.1, 0.15) is 36.7 Å². The summed E-state index contributed by atoms with van der Waals surface area (Å²) >= 11 is 0. The van der Waals surface area contributed by atoms with Gasteiger partial charge in [0.05, 0.1) is 0 Å². The van der Waals surface area contributed by atoms with Gasteiger partial charge in [-0.15, -0.1) is 0 Å². The van der Waals surface area contributed by atoms with Gasteiger partial charge in [-0.1, -0.05) is 6.07 Å². The van der Waals surface area contributed by atoms with Gasteiger partial charge in [-0.05, 0) is 38.5 Å². The number of fused-ring (bicyclic) bond motifs is 1. The summed E-state index contributed by atoms with van der Waals surface area (Å²) in [6.45, 7) is 5.98. The first-order valence-electron chi connectivity index (χ1n) is 4.81. The van der Waals surface area contributed by atoms with Crippen molar-refractivity contribution in [2.45, 2.75) is 32.8 Å². The van der Waals surface area contributed by atoms with Crippen molar-refractivity contribution in [2.75, 3.05) is 0 Å². The average Bonchev–Trinajstić information content (AvgIpc) is 2.04. The van der Waals surface area contributed by atoms with Gasteiger partial charge < -0.3 is 4.74 Å². The zero-order chi connectivity index (χ0) is 10.3. The molecule has 0 spiro atoms. The molecule has 2 heteroatoms. The van der Waals surface area contributed by atoms with Crippen molar-refractivity contribution in [1.82, 2.24) is 0 Å². The van der Waals surface area contributed by atoms with Gasteiger partial charge in [0.25, 0.3) is 0 Å². The Hall–Kier alpha value is -1.31. The van der Waals surface area contributed by atoms with E-state index in [-0.39, 0.29) is 11.4 Å². The first kappa shape index (κ1) is 9.25. The van der Waals surface area contributed by atoms with E-state index in [1.165, 1.54) is 0 Å². The zero-order valence-corrected chi connectivity index (χ0v) is 8.76. The van der Waals surface area contributed by atoms with Crippen LogP contribution in [-0.2, 0) is 6.42 Å². The molecule has 14 heavy (non-hydrogen) atoms. The molecule has 0 amide bonds. The molecule has 0 heterocycles. The highest BCUT2D eigenvalue weighted by molar-refractivity contribution is 6.06. The SMILES string of the molecule is CC(C)(C)Oc1ccc2c(c1)C(=O)C2. The fraction of sp³-hybridized carbons (Fsp3) is 0.417. The van der Waals surface area contributed by atoms with Crippen LogP contribution in [-0.4, -0.2) is 11.4 Å². The fourth-order valence-corrected chi connectivity index (χ4v) is 1.55. The van der Waals surface area contributed by atoms with Crippen molar-refractivity contribution < 1.29 is 9.53 Å². The highest BCUT2D eigenvalue weighted by atomic mass is 16.5. The second-order valence-electron chi connectivity index (χ2n) is 4.63. The number of carbonyl (C=O) groups is 1. The lowest BCUT2D eigenvalue weighted by atomic mass is 9.87. The Morgan fingerprint density at radius 3 is 2.57 bits per heavy atom. The standard InChI is InChI=1S/C12H14O2/c1-12(2,3)14-9-5-4-8-6-11(13)10(8)7-9/h4-5,7H,6H2,1-3H3. The van der Waals surface area contributed by atoms with Crippen molar-refractivity contribution in [1.29, 1.82) is 0 Å². The second-order valence-corrected chi connectivity index (χ2v) is 4.63. The summed E-state index contributed by atoms with van der Waals surface area (Å²) in [5.74, 6) is 1.00. The van der Waals surface area contributed by atoms with Crippen LogP contribution in [0.15, 0.2) is 18.2 Å². The Morgan fingerprint density at radius 2 is 2.00 bits per heavy atom. The monoisotopic (exact) mass is 190 g/mol. The van der Waals surface area contributed by atoms with Gasteiger partial charge in [0.2, 0.25) is 0 Å². The van der Waals surface area contributed by atoms with Crippen molar-refractivity contribution >= 4 is 5.78 Å². The largest absolute Gasteiger partial charge is 0.488 e. The van der Waals surface area contributed by atoms with E-state index in [2.05, 4.69) is 0 Å². The Labute approximate surface area is 83.9 Å². The molecule has 2 nitrogen and oxygen atoms in total. The smallest absolute Gasteiger partial charge is 0.167 e. The van der Waals surface area contributed by atoms with Gasteiger partial charge in [-0.25, -0.2) is 0 Å². The predicted octanol–water partition coefficient (Wildman–Crippen LogP) is 2.60. The Kier molecular flexibility index (Phi) is 1.88. The minimum Gasteiger partial charge on any atom is -0.488 e. The van der Waals surface area contributed by atoms with Gasteiger partial charge >= 0.3 is 0 Å². The number of rotatable bonds is 1. The third-order valence-electron chi connectivity index (χ3n) is 2.16. The average molecular weight is 190 g/mol. The summed E-state index contributed by atoms with van der Waals surface area (Å²) in [7, 11) is 0. The molecule has 0 aliphatic heterocycles. The summed E-state index contributed by atoms with van der Waals surface area (Å²) in [5.41, 5.74) is 1.75. The summed E-state index contributed by atoms with van der Waals surface area (Å²) in [4.78, 5) is 11.2. The molecular weight excluding hydrogens is 176 g/mol. The molecule has 0 fully saturated rings. The lowest BCUT2D eigenvalue weighted by Crippen LogP contribution is -2.24. The van der Waals surface area contributed by atoms with Crippen LogP contribution in [0.5, 0.6) is 5.75 Å². The van der Waals surface area contributed by atoms with Crippen LogP contribution in [0, 0.1) is 0 Å². The topological polar surface area (TPSA) is 26.3 Å². The van der Waals surface area contributed by atoms with E-state index in [9.17, 15) is 4.79 Å². The molecule has 1 aromatic carbocycles. The normalized spacial score (nSPS) is 14.6. The fourth-order valence-electron chi connectivity index (χ4n) is 1.55. The lowest BCUT2D eigenvalue weighted by Gasteiger charge is -2.24. The molecule has 0 aromatic heterocycles. The number of Topliss-reactive ketones (excluding diaryl/α,β-unsaturated/α-hetero) is 1. The minimum atomic E-state index is -0.207. The molecule has 1 aliphatic rings. The maximum atomic E-state index is 11.2. The summed E-state index contributed by atoms with van der Waals surface area (Å²) in [6.07, 6.45) is 0.588. The van der Waals surface area contributed by atoms with Crippen LogP contribution >= 0.6 is 0 Å². The summed E-state index contributed by atoms with van der Waals surface area (Å²) < 4.78 is 5.67. The predicted molar refractivity (Wildman–Crippen MR) is 54.9 cm³/mol. The van der Waals surface area contributed by atoms with Crippen LogP contribution < -0.4 is 4.74 Å². The molecule has 0 saturated heterocycles. The van der Waals surface area contributed by atoms with E-state index in [1.54, 1.807) is 0 Å². The van der Waals surface area contributed by atoms with E-state index in [4.69, 9.17) is 4.74 Å². The highest BCUT2D eigenvalue weighted by Crippen LogP contribution is 2.28. The highest BCUT2D eigenvalue weighted by Gasteiger charge is 2.24. The third-order valence-corrected chi connectivity index (χ3v) is 2.16. The van der Waals surface area contributed by atoms with Crippen LogP contribution in [0.25, 0.3) is 0 Å². The summed E-state index contributed by atoms with van der Waals surface area (Å²) in [6, 6.07) is 5.74. The van der Waals surface area contributed by atoms with E-state index >= 15 is 0 Å². The van der Waals surface area contributed by atoms with Crippen molar-refractivity contribution in [2.24, 2.45) is 0 Å². The molecule has 0 atom stereocenters. The van der Waals surface area contributed by atoms with Gasteiger partial charge in [0, 0.05) is 12.0 Å². The number of hydrogen-bond donors (Lipinski definition) is 0. The van der Waals surface area contributed by atoms with E-state index in [1.807, 2.05) is 39.0 Å². The van der Waals surface area contributed by atoms with Crippen molar-refractivity contribution in [3.05, 3.63) is 29.3 Å². The number of hydrogen-bond acceptors (Lipinski definition) is 2. The van der Waals surface area contributed by atoms with Gasteiger partial charge in [0.1, 0.15) is 11.4 Å². The Morgan fingerprint density at radius 1 is 1.29 bits per heavy atom. The Bertz CT molecular complexity index is 386. The number of benzene rings is 1. The molecule has 74 valence electrons. The first-order chi connectivity index (χ1) is 6.46. The maximum Gasteiger partial charge on any atom is 0.167 e. The molecule has 0 N–H and O–H groups in total. The van der Waals surface area contributed by atoms with E-state index < -0.39 is 0 Å². The van der Waals surface area contributed by atoms with Crippen molar-refractivity contribution in [3.8, 4) is 5.75 Å². The van der Waals surface area contributed by atoms with Gasteiger partial charge in [-0.3, -0.25) is 4.79 Å². The van der Waals surface area contributed by atoms with E-state index in [0.717, 1.165) is 16.9 Å². The molecule has 0 saturated carbocycles. The molecule has 0 radical (unpaired) electrons. The summed E-state index contributed by atoms with van der Waals surface area (Å²) in [5, 5.41) is 0. The number of ketones is 1. The molecule has 1 aromatic rings. The van der Waals surface area contributed by atoms with Gasteiger partial charge in [-0.2, -0.15) is 0 Å². The molecular formula is C12H14O2. The number of ether oxygens (including phenoxy) is 1. The van der Waals surface area contributed by atoms with Gasteiger partial charge in [0.15, 0.2) is 5.78 Å². The zero-order valence-electron chi connectivity index (χ0n) is 8.76. The third kappa shape index (κ3) is 1.65.